The molecule has 1 heterocycles. The number of aromatic nitrogens is 1. The molecule has 0 spiro atoms. The van der Waals surface area contributed by atoms with Crippen LogP contribution in [-0.4, -0.2) is 26.5 Å². The van der Waals surface area contributed by atoms with Crippen molar-refractivity contribution in [3.63, 3.8) is 0 Å². The molecule has 0 radical (unpaired) electrons. The molecule has 0 aliphatic carbocycles. The van der Waals surface area contributed by atoms with E-state index in [9.17, 15) is 24.5 Å². The molecule has 0 unspecified atom stereocenters. The predicted octanol–water partition coefficient (Wildman–Crippen LogP) is 5.85. The van der Waals surface area contributed by atoms with E-state index >= 15 is 0 Å². The second-order valence-electron chi connectivity index (χ2n) is 8.30. The first-order chi connectivity index (χ1) is 18.1. The van der Waals surface area contributed by atoms with Gasteiger partial charge in [0.25, 0.3) is 11.2 Å². The number of halogens is 2. The Labute approximate surface area is 226 Å². The van der Waals surface area contributed by atoms with E-state index in [1.165, 1.54) is 65.4 Å². The van der Waals surface area contributed by atoms with Crippen LogP contribution in [0.3, 0.4) is 0 Å². The lowest BCUT2D eigenvalue weighted by Gasteiger charge is -2.20. The normalized spacial score (nSPS) is 11.5. The molecular weight excluding hydrogens is 533 g/mol. The molecule has 0 aliphatic heterocycles. The molecule has 192 valence electrons. The number of pyridine rings is 1. The van der Waals surface area contributed by atoms with Crippen LogP contribution in [0.1, 0.15) is 22.0 Å². The molecule has 4 rings (SSSR count). The summed E-state index contributed by atoms with van der Waals surface area (Å²) in [6.45, 7) is 0. The highest BCUT2D eigenvalue weighted by Gasteiger charge is 2.24. The number of nitro benzene ring substituents is 1. The van der Waals surface area contributed by atoms with Gasteiger partial charge in [0.2, 0.25) is 5.91 Å². The van der Waals surface area contributed by atoms with Gasteiger partial charge < -0.3 is 15.0 Å². The maximum Gasteiger partial charge on any atom is 0.335 e. The number of amides is 1. The third-order valence-electron chi connectivity index (χ3n) is 5.77. The molecule has 9 nitrogen and oxygen atoms in total. The van der Waals surface area contributed by atoms with Gasteiger partial charge >= 0.3 is 5.97 Å². The van der Waals surface area contributed by atoms with E-state index < -0.39 is 28.4 Å². The summed E-state index contributed by atoms with van der Waals surface area (Å²) < 4.78 is 1.22. The summed E-state index contributed by atoms with van der Waals surface area (Å²) in [4.78, 5) is 48.7. The highest BCUT2D eigenvalue weighted by Crippen LogP contribution is 2.32. The van der Waals surface area contributed by atoms with E-state index in [-0.39, 0.29) is 33.8 Å². The number of rotatable bonds is 8. The molecule has 0 saturated carbocycles. The number of carbonyl (C=O) groups excluding carboxylic acids is 1. The van der Waals surface area contributed by atoms with Crippen LogP contribution in [0, 0.1) is 10.1 Å². The average molecular weight is 552 g/mol. The molecular formula is C27H19Cl2N3O6. The van der Waals surface area contributed by atoms with Gasteiger partial charge in [-0.2, -0.15) is 0 Å². The molecule has 0 bridgehead atoms. The van der Waals surface area contributed by atoms with Crippen molar-refractivity contribution in [2.24, 2.45) is 0 Å². The Morgan fingerprint density at radius 3 is 2.32 bits per heavy atom. The number of nitrogens with one attached hydrogen (secondary N) is 1. The zero-order valence-corrected chi connectivity index (χ0v) is 21.0. The van der Waals surface area contributed by atoms with Crippen LogP contribution in [0.5, 0.6) is 0 Å². The average Bonchev–Trinajstić information content (AvgIpc) is 2.87. The minimum Gasteiger partial charge on any atom is -0.478 e. The quantitative estimate of drug-likeness (QED) is 0.208. The number of anilines is 1. The molecule has 1 atom stereocenters. The van der Waals surface area contributed by atoms with Crippen molar-refractivity contribution in [3.8, 4) is 11.1 Å². The second kappa shape index (κ2) is 11.3. The molecule has 0 aliphatic rings. The summed E-state index contributed by atoms with van der Waals surface area (Å²) in [5.74, 6) is -1.63. The van der Waals surface area contributed by atoms with Gasteiger partial charge in [0.1, 0.15) is 6.04 Å². The summed E-state index contributed by atoms with van der Waals surface area (Å²) >= 11 is 12.2. The van der Waals surface area contributed by atoms with Crippen LogP contribution in [0.15, 0.2) is 89.9 Å². The Morgan fingerprint density at radius 1 is 0.974 bits per heavy atom. The molecule has 4 aromatic rings. The lowest BCUT2D eigenvalue weighted by Crippen LogP contribution is -2.34. The fourth-order valence-electron chi connectivity index (χ4n) is 3.94. The van der Waals surface area contributed by atoms with Crippen LogP contribution in [0.4, 0.5) is 11.4 Å². The maximum absolute atomic E-state index is 13.4. The maximum atomic E-state index is 13.4. The van der Waals surface area contributed by atoms with Crippen molar-refractivity contribution in [3.05, 3.63) is 127 Å². The minimum atomic E-state index is -1.10. The summed E-state index contributed by atoms with van der Waals surface area (Å²) in [6, 6.07) is 18.2. The highest BCUT2D eigenvalue weighted by molar-refractivity contribution is 6.31. The molecule has 0 saturated heterocycles. The topological polar surface area (TPSA) is 132 Å². The summed E-state index contributed by atoms with van der Waals surface area (Å²) in [5.41, 5.74) is 0.744. The molecule has 1 aromatic heterocycles. The summed E-state index contributed by atoms with van der Waals surface area (Å²) in [5, 5.41) is 24.0. The largest absolute Gasteiger partial charge is 0.478 e. The first-order valence-electron chi connectivity index (χ1n) is 11.2. The fraction of sp³-hybridized carbons (Fsp3) is 0.0741. The van der Waals surface area contributed by atoms with Crippen LogP contribution in [0.25, 0.3) is 11.1 Å². The summed E-state index contributed by atoms with van der Waals surface area (Å²) in [7, 11) is 0. The van der Waals surface area contributed by atoms with E-state index in [1.54, 1.807) is 24.3 Å². The van der Waals surface area contributed by atoms with Gasteiger partial charge in [-0.05, 0) is 65.7 Å². The number of nitrogens with zero attached hydrogens (tertiary/aromatic N) is 2. The number of carboxylic acids is 1. The van der Waals surface area contributed by atoms with Crippen molar-refractivity contribution in [2.75, 3.05) is 5.32 Å². The van der Waals surface area contributed by atoms with Gasteiger partial charge in [-0.15, -0.1) is 0 Å². The molecule has 2 N–H and O–H groups in total. The van der Waals surface area contributed by atoms with Gasteiger partial charge in [0.05, 0.1) is 16.1 Å². The SMILES string of the molecule is O=C(O)c1ccc(NC(=O)[C@H](Cc2cccc(Cl)c2)n2ccc(-c3cc(Cl)ccc3[N+](=O)[O-])cc2=O)cc1. The standard InChI is InChI=1S/C27H19Cl2N3O6/c28-19-3-1-2-16(12-19)13-24(26(34)30-21-7-4-17(5-8-21)27(35)36)31-11-10-18(14-25(31)33)22-15-20(29)6-9-23(22)32(37)38/h1-12,14-15,24H,13H2,(H,30,34)(H,35,36)/t24-/m0/s1. The molecule has 1 amide bonds. The van der Waals surface area contributed by atoms with Gasteiger partial charge in [0, 0.05) is 40.5 Å². The number of benzene rings is 3. The van der Waals surface area contributed by atoms with Gasteiger partial charge in [-0.25, -0.2) is 4.79 Å². The Hall–Kier alpha value is -4.47. The first kappa shape index (κ1) is 26.6. The molecule has 0 fully saturated rings. The number of nitro groups is 1. The number of aromatic carboxylic acids is 1. The van der Waals surface area contributed by atoms with Crippen LogP contribution < -0.4 is 10.9 Å². The Kier molecular flexibility index (Phi) is 7.90. The Bertz CT molecular complexity index is 1600. The van der Waals surface area contributed by atoms with Crippen molar-refractivity contribution in [1.82, 2.24) is 4.57 Å². The number of hydrogen-bond acceptors (Lipinski definition) is 5. The smallest absolute Gasteiger partial charge is 0.335 e. The fourth-order valence-corrected chi connectivity index (χ4v) is 4.32. The van der Waals surface area contributed by atoms with Crippen molar-refractivity contribution >= 4 is 46.5 Å². The molecule has 38 heavy (non-hydrogen) atoms. The third-order valence-corrected chi connectivity index (χ3v) is 6.24. The first-order valence-corrected chi connectivity index (χ1v) is 11.9. The Balaban J connectivity index is 1.72. The monoisotopic (exact) mass is 551 g/mol. The van der Waals surface area contributed by atoms with Gasteiger partial charge in [-0.3, -0.25) is 19.7 Å². The van der Waals surface area contributed by atoms with Crippen molar-refractivity contribution in [1.29, 1.82) is 0 Å². The van der Waals surface area contributed by atoms with Crippen molar-refractivity contribution in [2.45, 2.75) is 12.5 Å². The zero-order valence-electron chi connectivity index (χ0n) is 19.5. The number of hydrogen-bond donors (Lipinski definition) is 2. The number of carbonyl (C=O) groups is 2. The lowest BCUT2D eigenvalue weighted by molar-refractivity contribution is -0.384. The van der Waals surface area contributed by atoms with E-state index in [2.05, 4.69) is 5.32 Å². The van der Waals surface area contributed by atoms with E-state index in [0.29, 0.717) is 16.3 Å². The highest BCUT2D eigenvalue weighted by atomic mass is 35.5. The van der Waals surface area contributed by atoms with Gasteiger partial charge in [0.15, 0.2) is 0 Å². The van der Waals surface area contributed by atoms with E-state index in [0.717, 1.165) is 0 Å². The van der Waals surface area contributed by atoms with E-state index in [1.807, 2.05) is 0 Å². The number of carboxylic acid groups (broad SMARTS) is 1. The lowest BCUT2D eigenvalue weighted by atomic mass is 10.0. The van der Waals surface area contributed by atoms with Crippen molar-refractivity contribution < 1.29 is 19.6 Å². The van der Waals surface area contributed by atoms with Crippen LogP contribution in [0.2, 0.25) is 10.0 Å². The molecule has 11 heteroatoms. The van der Waals surface area contributed by atoms with Crippen LogP contribution in [-0.2, 0) is 11.2 Å². The Morgan fingerprint density at radius 2 is 1.68 bits per heavy atom. The van der Waals surface area contributed by atoms with Gasteiger partial charge in [-0.1, -0.05) is 35.3 Å². The molecule has 3 aromatic carbocycles. The second-order valence-corrected chi connectivity index (χ2v) is 9.17. The third kappa shape index (κ3) is 6.08. The van der Waals surface area contributed by atoms with Crippen LogP contribution >= 0.6 is 23.2 Å². The predicted molar refractivity (Wildman–Crippen MR) is 144 cm³/mol. The minimum absolute atomic E-state index is 0.0559. The summed E-state index contributed by atoms with van der Waals surface area (Å²) in [6.07, 6.45) is 1.50. The zero-order chi connectivity index (χ0) is 27.4. The van der Waals surface area contributed by atoms with E-state index in [4.69, 9.17) is 28.3 Å².